The maximum Gasteiger partial charge on any atom is 0.0642 e. The summed E-state index contributed by atoms with van der Waals surface area (Å²) >= 11 is 0. The minimum atomic E-state index is -0.236. The van der Waals surface area contributed by atoms with Gasteiger partial charge in [-0.15, -0.1) is 0 Å². The normalized spacial score (nSPS) is 32.1. The molecule has 1 N–H and O–H groups in total. The summed E-state index contributed by atoms with van der Waals surface area (Å²) in [5.74, 6) is 0.338. The van der Waals surface area contributed by atoms with E-state index in [-0.39, 0.29) is 17.6 Å². The van der Waals surface area contributed by atoms with Crippen molar-refractivity contribution in [2.75, 3.05) is 6.61 Å². The molecule has 0 aliphatic carbocycles. The van der Waals surface area contributed by atoms with Crippen LogP contribution in [0.2, 0.25) is 0 Å². The van der Waals surface area contributed by atoms with Gasteiger partial charge in [-0.3, -0.25) is 0 Å². The maximum atomic E-state index is 10.1. The quantitative estimate of drug-likeness (QED) is 0.716. The lowest BCUT2D eigenvalue weighted by atomic mass is 9.78. The van der Waals surface area contributed by atoms with Crippen LogP contribution in [-0.4, -0.2) is 23.9 Å². The van der Waals surface area contributed by atoms with Crippen molar-refractivity contribution in [2.24, 2.45) is 11.3 Å². The van der Waals surface area contributed by atoms with E-state index >= 15 is 0 Å². The van der Waals surface area contributed by atoms with E-state index in [0.717, 1.165) is 19.4 Å². The fourth-order valence-corrected chi connectivity index (χ4v) is 2.09. The number of hydrogen-bond acceptors (Lipinski definition) is 2. The van der Waals surface area contributed by atoms with Crippen LogP contribution in [0.3, 0.4) is 0 Å². The minimum absolute atomic E-state index is 0.0220. The largest absolute Gasteiger partial charge is 0.392 e. The summed E-state index contributed by atoms with van der Waals surface area (Å²) < 4.78 is 5.57. The molecule has 78 valence electrons. The Morgan fingerprint density at radius 2 is 2.08 bits per heavy atom. The maximum absolute atomic E-state index is 10.1. The highest BCUT2D eigenvalue weighted by atomic mass is 16.5. The summed E-state index contributed by atoms with van der Waals surface area (Å²) in [6.07, 6.45) is 2.06. The van der Waals surface area contributed by atoms with E-state index in [1.807, 2.05) is 0 Å². The van der Waals surface area contributed by atoms with E-state index in [1.54, 1.807) is 0 Å². The second kappa shape index (κ2) is 3.97. The van der Waals surface area contributed by atoms with Gasteiger partial charge in [-0.1, -0.05) is 27.7 Å². The first-order chi connectivity index (χ1) is 5.96. The zero-order valence-electron chi connectivity index (χ0n) is 9.21. The van der Waals surface area contributed by atoms with Crippen LogP contribution in [0, 0.1) is 11.3 Å². The summed E-state index contributed by atoms with van der Waals surface area (Å²) in [7, 11) is 0. The smallest absolute Gasteiger partial charge is 0.0642 e. The summed E-state index contributed by atoms with van der Waals surface area (Å²) in [5, 5.41) is 10.1. The van der Waals surface area contributed by atoms with Crippen molar-refractivity contribution in [1.82, 2.24) is 0 Å². The zero-order valence-corrected chi connectivity index (χ0v) is 9.21. The molecule has 1 aliphatic heterocycles. The predicted octanol–water partition coefficient (Wildman–Crippen LogP) is 2.21. The van der Waals surface area contributed by atoms with Crippen LogP contribution in [-0.2, 0) is 4.74 Å². The Kier molecular flexibility index (Phi) is 3.36. The predicted molar refractivity (Wildman–Crippen MR) is 53.6 cm³/mol. The molecule has 0 aromatic rings. The molecule has 2 nitrogen and oxygen atoms in total. The van der Waals surface area contributed by atoms with Crippen molar-refractivity contribution in [3.05, 3.63) is 0 Å². The van der Waals surface area contributed by atoms with Gasteiger partial charge in [0.25, 0.3) is 0 Å². The second-order valence-electron chi connectivity index (χ2n) is 5.08. The molecule has 0 spiro atoms. The van der Waals surface area contributed by atoms with Gasteiger partial charge in [0.15, 0.2) is 0 Å². The third-order valence-electron chi connectivity index (χ3n) is 2.96. The van der Waals surface area contributed by atoms with Crippen molar-refractivity contribution in [3.63, 3.8) is 0 Å². The molecule has 1 saturated heterocycles. The topological polar surface area (TPSA) is 29.5 Å². The average Bonchev–Trinajstić information content (AvgIpc) is 2.48. The fraction of sp³-hybridized carbons (Fsp3) is 1.00. The Hall–Kier alpha value is -0.0800. The van der Waals surface area contributed by atoms with Gasteiger partial charge in [-0.2, -0.15) is 0 Å². The van der Waals surface area contributed by atoms with Crippen LogP contribution in [0.1, 0.15) is 40.5 Å². The molecule has 0 amide bonds. The third kappa shape index (κ3) is 2.44. The van der Waals surface area contributed by atoms with Crippen LogP contribution < -0.4 is 0 Å². The Balaban J connectivity index is 2.60. The third-order valence-corrected chi connectivity index (χ3v) is 2.96. The molecule has 0 bridgehead atoms. The molecule has 1 rings (SSSR count). The van der Waals surface area contributed by atoms with Gasteiger partial charge in [0, 0.05) is 12.5 Å². The zero-order chi connectivity index (χ0) is 10.1. The van der Waals surface area contributed by atoms with Gasteiger partial charge in [0.1, 0.15) is 0 Å². The first-order valence-corrected chi connectivity index (χ1v) is 5.26. The first-order valence-electron chi connectivity index (χ1n) is 5.26. The van der Waals surface area contributed by atoms with Gasteiger partial charge in [0.05, 0.1) is 12.2 Å². The van der Waals surface area contributed by atoms with Crippen LogP contribution in [0.15, 0.2) is 0 Å². The molecule has 13 heavy (non-hydrogen) atoms. The highest BCUT2D eigenvalue weighted by Gasteiger charge is 2.38. The van der Waals surface area contributed by atoms with Crippen LogP contribution >= 0.6 is 0 Å². The molecular weight excluding hydrogens is 164 g/mol. The van der Waals surface area contributed by atoms with Gasteiger partial charge >= 0.3 is 0 Å². The van der Waals surface area contributed by atoms with Crippen molar-refractivity contribution < 1.29 is 9.84 Å². The van der Waals surface area contributed by atoms with E-state index in [4.69, 9.17) is 4.74 Å². The fourth-order valence-electron chi connectivity index (χ4n) is 2.09. The number of aliphatic hydroxyl groups is 1. The molecule has 1 heterocycles. The molecule has 0 saturated carbocycles. The molecule has 0 aromatic carbocycles. The molecule has 2 heteroatoms. The summed E-state index contributed by atoms with van der Waals surface area (Å²) in [5.41, 5.74) is -0.0220. The molecule has 1 aliphatic rings. The Morgan fingerprint density at radius 3 is 2.54 bits per heavy atom. The van der Waals surface area contributed by atoms with Gasteiger partial charge < -0.3 is 9.84 Å². The van der Waals surface area contributed by atoms with Crippen molar-refractivity contribution >= 4 is 0 Å². The molecule has 0 radical (unpaired) electrons. The van der Waals surface area contributed by atoms with E-state index in [1.165, 1.54) is 0 Å². The lowest BCUT2D eigenvalue weighted by molar-refractivity contribution is -0.0234. The molecular formula is C11H22O2. The highest BCUT2D eigenvalue weighted by molar-refractivity contribution is 4.87. The molecule has 3 unspecified atom stereocenters. The van der Waals surface area contributed by atoms with Gasteiger partial charge in [0.2, 0.25) is 0 Å². The molecule has 1 fully saturated rings. The van der Waals surface area contributed by atoms with E-state index in [2.05, 4.69) is 27.7 Å². The van der Waals surface area contributed by atoms with E-state index < -0.39 is 0 Å². The van der Waals surface area contributed by atoms with Crippen LogP contribution in [0.4, 0.5) is 0 Å². The van der Waals surface area contributed by atoms with E-state index in [9.17, 15) is 5.11 Å². The number of rotatable bonds is 2. The summed E-state index contributed by atoms with van der Waals surface area (Å²) in [6.45, 7) is 9.20. The van der Waals surface area contributed by atoms with Gasteiger partial charge in [-0.05, 0) is 18.3 Å². The Bertz CT molecular complexity index is 160. The average molecular weight is 186 g/mol. The highest BCUT2D eigenvalue weighted by Crippen LogP contribution is 2.34. The minimum Gasteiger partial charge on any atom is -0.392 e. The summed E-state index contributed by atoms with van der Waals surface area (Å²) in [4.78, 5) is 0. The van der Waals surface area contributed by atoms with Crippen molar-refractivity contribution in [3.8, 4) is 0 Å². The first kappa shape index (κ1) is 11.0. The van der Waals surface area contributed by atoms with Crippen molar-refractivity contribution in [1.29, 1.82) is 0 Å². The molecule has 0 aromatic heterocycles. The van der Waals surface area contributed by atoms with Crippen LogP contribution in [0.5, 0.6) is 0 Å². The van der Waals surface area contributed by atoms with Gasteiger partial charge in [-0.25, -0.2) is 0 Å². The standard InChI is InChI=1S/C11H22O2/c1-5-9-8(6-7-13-9)10(12)11(2,3)4/h8-10,12H,5-7H2,1-4H3. The van der Waals surface area contributed by atoms with Crippen LogP contribution in [0.25, 0.3) is 0 Å². The monoisotopic (exact) mass is 186 g/mol. The summed E-state index contributed by atoms with van der Waals surface area (Å²) in [6, 6.07) is 0. The Labute approximate surface area is 81.3 Å². The lowest BCUT2D eigenvalue weighted by Crippen LogP contribution is -2.37. The lowest BCUT2D eigenvalue weighted by Gasteiger charge is -2.32. The Morgan fingerprint density at radius 1 is 1.46 bits per heavy atom. The second-order valence-corrected chi connectivity index (χ2v) is 5.08. The SMILES string of the molecule is CCC1OCCC1C(O)C(C)(C)C. The number of hydrogen-bond donors (Lipinski definition) is 1. The van der Waals surface area contributed by atoms with Crippen molar-refractivity contribution in [2.45, 2.75) is 52.7 Å². The number of aliphatic hydroxyl groups excluding tert-OH is 1. The molecule has 3 atom stereocenters. The van der Waals surface area contributed by atoms with E-state index in [0.29, 0.717) is 5.92 Å². The number of ether oxygens (including phenoxy) is 1.